The zero-order valence-corrected chi connectivity index (χ0v) is 17.1. The number of benzene rings is 1. The van der Waals surface area contributed by atoms with Gasteiger partial charge in [-0.25, -0.2) is 4.98 Å². The Labute approximate surface area is 173 Å². The fraction of sp³-hybridized carbons (Fsp3) is 0.429. The number of carbonyl (C=O) groups excluding carboxylic acids is 3. The average molecular weight is 413 g/mol. The van der Waals surface area contributed by atoms with Crippen molar-refractivity contribution in [3.8, 4) is 11.3 Å². The quantitative estimate of drug-likeness (QED) is 0.788. The minimum absolute atomic E-state index is 0.0228. The first-order chi connectivity index (χ1) is 14.0. The first-order valence-corrected chi connectivity index (χ1v) is 10.8. The number of hydrogen-bond donors (Lipinski definition) is 2. The lowest BCUT2D eigenvalue weighted by Crippen LogP contribution is -2.42. The molecule has 4 rings (SSSR count). The Hall–Kier alpha value is -2.74. The molecule has 0 unspecified atom stereocenters. The molecule has 2 fully saturated rings. The van der Waals surface area contributed by atoms with E-state index in [1.807, 2.05) is 34.5 Å². The molecule has 1 aliphatic carbocycles. The van der Waals surface area contributed by atoms with Crippen LogP contribution in [0.15, 0.2) is 29.6 Å². The van der Waals surface area contributed by atoms with E-state index in [0.29, 0.717) is 31.1 Å². The molecule has 0 radical (unpaired) electrons. The third kappa shape index (κ3) is 4.82. The van der Waals surface area contributed by atoms with Crippen molar-refractivity contribution < 1.29 is 14.4 Å². The smallest absolute Gasteiger partial charge is 0.229 e. The Bertz CT molecular complexity index is 912. The van der Waals surface area contributed by atoms with Gasteiger partial charge in [0, 0.05) is 48.5 Å². The number of aromatic nitrogens is 1. The third-order valence-electron chi connectivity index (χ3n) is 5.34. The number of nitrogens with zero attached hydrogens (tertiary/aromatic N) is 2. The van der Waals surface area contributed by atoms with Crippen molar-refractivity contribution in [1.82, 2.24) is 9.88 Å². The maximum atomic E-state index is 12.6. The molecule has 152 valence electrons. The molecule has 2 aliphatic rings. The molecule has 1 aliphatic heterocycles. The highest BCUT2D eigenvalue weighted by atomic mass is 32.1. The van der Waals surface area contributed by atoms with Crippen molar-refractivity contribution in [1.29, 1.82) is 0 Å². The molecule has 2 aromatic rings. The fourth-order valence-corrected chi connectivity index (χ4v) is 4.27. The number of amides is 3. The first kappa shape index (κ1) is 19.6. The van der Waals surface area contributed by atoms with Gasteiger partial charge in [0.05, 0.1) is 5.69 Å². The Kier molecular flexibility index (Phi) is 5.62. The van der Waals surface area contributed by atoms with Gasteiger partial charge < -0.3 is 15.5 Å². The molecule has 1 aromatic heterocycles. The van der Waals surface area contributed by atoms with Gasteiger partial charge in [-0.05, 0) is 37.8 Å². The Balaban J connectivity index is 1.31. The van der Waals surface area contributed by atoms with Crippen LogP contribution in [0.5, 0.6) is 0 Å². The minimum Gasteiger partial charge on any atom is -0.342 e. The summed E-state index contributed by atoms with van der Waals surface area (Å²) in [5.74, 6) is 0.284. The average Bonchev–Trinajstić information content (AvgIpc) is 3.47. The van der Waals surface area contributed by atoms with Crippen LogP contribution in [0.3, 0.4) is 0 Å². The van der Waals surface area contributed by atoms with Crippen LogP contribution < -0.4 is 10.6 Å². The van der Waals surface area contributed by atoms with Gasteiger partial charge in [-0.3, -0.25) is 14.4 Å². The normalized spacial score (nSPS) is 17.1. The maximum absolute atomic E-state index is 12.6. The maximum Gasteiger partial charge on any atom is 0.229 e. The number of piperidine rings is 1. The van der Waals surface area contributed by atoms with Crippen LogP contribution in [-0.4, -0.2) is 40.7 Å². The summed E-state index contributed by atoms with van der Waals surface area (Å²) < 4.78 is 0. The van der Waals surface area contributed by atoms with E-state index in [2.05, 4.69) is 15.6 Å². The molecule has 2 N–H and O–H groups in total. The second kappa shape index (κ2) is 8.32. The van der Waals surface area contributed by atoms with E-state index in [-0.39, 0.29) is 29.6 Å². The van der Waals surface area contributed by atoms with Gasteiger partial charge in [-0.15, -0.1) is 11.3 Å². The second-order valence-corrected chi connectivity index (χ2v) is 8.52. The molecule has 0 spiro atoms. The summed E-state index contributed by atoms with van der Waals surface area (Å²) in [6.45, 7) is 2.80. The van der Waals surface area contributed by atoms with E-state index in [1.54, 1.807) is 0 Å². The van der Waals surface area contributed by atoms with Crippen LogP contribution in [0, 0.1) is 11.8 Å². The standard InChI is InChI=1S/C21H24N4O3S/c1-13(26)22-17-6-4-14(5-7-17)18-12-29-21(23-18)24-19(27)15-8-10-25(11-9-15)20(28)16-2-3-16/h4-7,12,15-16H,2-3,8-11H2,1H3,(H,22,26)(H,23,24,27). The number of nitrogens with one attached hydrogen (secondary N) is 2. The number of anilines is 2. The number of carbonyl (C=O) groups is 3. The monoisotopic (exact) mass is 412 g/mol. The summed E-state index contributed by atoms with van der Waals surface area (Å²) in [4.78, 5) is 42.3. The molecule has 0 atom stereocenters. The lowest BCUT2D eigenvalue weighted by molar-refractivity contribution is -0.135. The van der Waals surface area contributed by atoms with Crippen LogP contribution in [-0.2, 0) is 14.4 Å². The van der Waals surface area contributed by atoms with Crippen LogP contribution in [0.4, 0.5) is 10.8 Å². The summed E-state index contributed by atoms with van der Waals surface area (Å²) in [6, 6.07) is 7.42. The molecule has 1 saturated heterocycles. The van der Waals surface area contributed by atoms with E-state index < -0.39 is 0 Å². The highest BCUT2D eigenvalue weighted by Gasteiger charge is 2.36. The van der Waals surface area contributed by atoms with Gasteiger partial charge in [-0.1, -0.05) is 12.1 Å². The van der Waals surface area contributed by atoms with Crippen LogP contribution >= 0.6 is 11.3 Å². The fourth-order valence-electron chi connectivity index (χ4n) is 3.55. The number of hydrogen-bond acceptors (Lipinski definition) is 5. The molecule has 3 amide bonds. The summed E-state index contributed by atoms with van der Waals surface area (Å²) in [5.41, 5.74) is 2.43. The van der Waals surface area contributed by atoms with E-state index >= 15 is 0 Å². The highest BCUT2D eigenvalue weighted by molar-refractivity contribution is 7.14. The van der Waals surface area contributed by atoms with Crippen LogP contribution in [0.1, 0.15) is 32.6 Å². The number of likely N-dealkylation sites (tertiary alicyclic amines) is 1. The summed E-state index contributed by atoms with van der Waals surface area (Å²) in [7, 11) is 0. The van der Waals surface area contributed by atoms with Crippen LogP contribution in [0.2, 0.25) is 0 Å². The molecule has 8 heteroatoms. The van der Waals surface area contributed by atoms with Crippen molar-refractivity contribution in [3.63, 3.8) is 0 Å². The second-order valence-electron chi connectivity index (χ2n) is 7.66. The SMILES string of the molecule is CC(=O)Nc1ccc(-c2csc(NC(=O)C3CCN(C(=O)C4CC4)CC3)n2)cc1. The molecule has 1 saturated carbocycles. The van der Waals surface area contributed by atoms with E-state index in [0.717, 1.165) is 29.8 Å². The first-order valence-electron chi connectivity index (χ1n) is 9.93. The minimum atomic E-state index is -0.112. The lowest BCUT2D eigenvalue weighted by Gasteiger charge is -2.31. The summed E-state index contributed by atoms with van der Waals surface area (Å²) in [6.07, 6.45) is 3.43. The summed E-state index contributed by atoms with van der Waals surface area (Å²) >= 11 is 1.39. The predicted octanol–water partition coefficient (Wildman–Crippen LogP) is 3.36. The van der Waals surface area contributed by atoms with Gasteiger partial charge in [-0.2, -0.15) is 0 Å². The number of rotatable bonds is 5. The molecule has 0 bridgehead atoms. The van der Waals surface area contributed by atoms with Gasteiger partial charge >= 0.3 is 0 Å². The van der Waals surface area contributed by atoms with Gasteiger partial charge in [0.25, 0.3) is 0 Å². The van der Waals surface area contributed by atoms with E-state index in [9.17, 15) is 14.4 Å². The predicted molar refractivity (Wildman–Crippen MR) is 113 cm³/mol. The van der Waals surface area contributed by atoms with Crippen molar-refractivity contribution >= 4 is 39.9 Å². The lowest BCUT2D eigenvalue weighted by atomic mass is 9.95. The zero-order valence-electron chi connectivity index (χ0n) is 16.3. The number of thiazole rings is 1. The van der Waals surface area contributed by atoms with Crippen molar-refractivity contribution in [2.24, 2.45) is 11.8 Å². The third-order valence-corrected chi connectivity index (χ3v) is 6.10. The Morgan fingerprint density at radius 3 is 2.31 bits per heavy atom. The Morgan fingerprint density at radius 1 is 1.00 bits per heavy atom. The molecule has 29 heavy (non-hydrogen) atoms. The summed E-state index contributed by atoms with van der Waals surface area (Å²) in [5, 5.41) is 8.14. The van der Waals surface area contributed by atoms with Crippen molar-refractivity contribution in [3.05, 3.63) is 29.6 Å². The largest absolute Gasteiger partial charge is 0.342 e. The highest BCUT2D eigenvalue weighted by Crippen LogP contribution is 2.33. The van der Waals surface area contributed by atoms with Crippen LogP contribution in [0.25, 0.3) is 11.3 Å². The Morgan fingerprint density at radius 2 is 1.69 bits per heavy atom. The molecule has 1 aromatic carbocycles. The molecular weight excluding hydrogens is 388 g/mol. The van der Waals surface area contributed by atoms with E-state index in [1.165, 1.54) is 18.3 Å². The van der Waals surface area contributed by atoms with Crippen molar-refractivity contribution in [2.45, 2.75) is 32.6 Å². The van der Waals surface area contributed by atoms with Gasteiger partial charge in [0.2, 0.25) is 17.7 Å². The molecular formula is C21H24N4O3S. The van der Waals surface area contributed by atoms with E-state index in [4.69, 9.17) is 0 Å². The zero-order chi connectivity index (χ0) is 20.4. The molecule has 2 heterocycles. The van der Waals surface area contributed by atoms with Crippen molar-refractivity contribution in [2.75, 3.05) is 23.7 Å². The van der Waals surface area contributed by atoms with Gasteiger partial charge in [0.1, 0.15) is 0 Å². The molecule has 7 nitrogen and oxygen atoms in total. The van der Waals surface area contributed by atoms with Gasteiger partial charge in [0.15, 0.2) is 5.13 Å². The topological polar surface area (TPSA) is 91.4 Å².